The lowest BCUT2D eigenvalue weighted by Gasteiger charge is -2.22. The Morgan fingerprint density at radius 1 is 1.09 bits per heavy atom. The number of aliphatic hydroxyl groups excluding tert-OH is 1. The van der Waals surface area contributed by atoms with E-state index in [4.69, 9.17) is 4.98 Å². The molecular formula is C34H41N5O3S2. The second kappa shape index (κ2) is 14.2. The van der Waals surface area contributed by atoms with Crippen molar-refractivity contribution in [3.63, 3.8) is 0 Å². The van der Waals surface area contributed by atoms with Gasteiger partial charge in [0.2, 0.25) is 5.13 Å². The average molecular weight is 632 g/mol. The molecule has 1 saturated carbocycles. The van der Waals surface area contributed by atoms with Crippen molar-refractivity contribution in [2.24, 2.45) is 5.92 Å². The van der Waals surface area contributed by atoms with E-state index in [0.29, 0.717) is 23.9 Å². The first-order valence-electron chi connectivity index (χ1n) is 15.7. The number of thiazole rings is 1. The van der Waals surface area contributed by atoms with Crippen molar-refractivity contribution in [2.45, 2.75) is 68.8 Å². The van der Waals surface area contributed by atoms with Crippen LogP contribution in [-0.2, 0) is 29.3 Å². The molecule has 0 bridgehead atoms. The van der Waals surface area contributed by atoms with Crippen LogP contribution in [0.3, 0.4) is 0 Å². The Labute approximate surface area is 264 Å². The van der Waals surface area contributed by atoms with E-state index in [0.717, 1.165) is 66.2 Å². The molecule has 0 radical (unpaired) electrons. The molecule has 1 aliphatic heterocycles. The van der Waals surface area contributed by atoms with Crippen molar-refractivity contribution in [2.75, 3.05) is 29.3 Å². The van der Waals surface area contributed by atoms with E-state index in [1.54, 1.807) is 24.5 Å². The largest absolute Gasteiger partial charge is 0.387 e. The minimum absolute atomic E-state index is 0.276. The van der Waals surface area contributed by atoms with Crippen LogP contribution in [0.1, 0.15) is 67.0 Å². The highest BCUT2D eigenvalue weighted by atomic mass is 32.2. The van der Waals surface area contributed by atoms with Gasteiger partial charge in [-0.2, -0.15) is 0 Å². The van der Waals surface area contributed by atoms with Crippen molar-refractivity contribution in [1.82, 2.24) is 15.3 Å². The molecule has 232 valence electrons. The number of fused-ring (bicyclic) bond motifs is 1. The molecule has 3 heterocycles. The summed E-state index contributed by atoms with van der Waals surface area (Å²) in [7, 11) is -3.91. The molecule has 0 saturated heterocycles. The van der Waals surface area contributed by atoms with Crippen LogP contribution >= 0.6 is 11.3 Å². The zero-order valence-corrected chi connectivity index (χ0v) is 26.6. The summed E-state index contributed by atoms with van der Waals surface area (Å²) in [4.78, 5) is 9.20. The van der Waals surface area contributed by atoms with Gasteiger partial charge in [0.1, 0.15) is 0 Å². The first kappa shape index (κ1) is 30.7. The van der Waals surface area contributed by atoms with E-state index >= 15 is 0 Å². The Morgan fingerprint density at radius 3 is 2.73 bits per heavy atom. The molecule has 1 unspecified atom stereocenters. The number of aliphatic hydroxyl groups is 1. The van der Waals surface area contributed by atoms with Crippen LogP contribution in [0.15, 0.2) is 77.3 Å². The summed E-state index contributed by atoms with van der Waals surface area (Å²) in [6.45, 7) is 1.93. The SMILES string of the molecule is O=S(=O)(c1ccc2c(c1)CCN2)N(c1ccc(CCNCC(O)c2cccnc2)cc1)c1nc(CCCC2CCCC2)cs1. The highest BCUT2D eigenvalue weighted by Crippen LogP contribution is 2.37. The standard InChI is InChI=1S/C34H41N5O3S2/c40-33(28-8-4-18-35-22-28)23-36-19-16-26-10-12-30(13-11-26)39(44(41,42)31-14-15-32-27(21-31)17-20-37-32)34-38-29(24-43-34)9-3-7-25-5-1-2-6-25/h4,8,10-15,18,21-22,24-25,33,36-37,40H,1-3,5-7,9,16-17,19-20,23H2. The second-order valence-corrected chi connectivity index (χ2v) is 14.5. The molecule has 2 aromatic heterocycles. The van der Waals surface area contributed by atoms with Gasteiger partial charge in [-0.05, 0) is 85.7 Å². The second-order valence-electron chi connectivity index (χ2n) is 11.9. The van der Waals surface area contributed by atoms with Gasteiger partial charge in [-0.25, -0.2) is 17.7 Å². The predicted molar refractivity (Wildman–Crippen MR) is 177 cm³/mol. The number of aromatic nitrogens is 2. The normalized spacial score (nSPS) is 15.7. The van der Waals surface area contributed by atoms with Crippen LogP contribution in [0.4, 0.5) is 16.5 Å². The van der Waals surface area contributed by atoms with Crippen LogP contribution in [0, 0.1) is 5.92 Å². The van der Waals surface area contributed by atoms with E-state index in [9.17, 15) is 13.5 Å². The maximum Gasteiger partial charge on any atom is 0.270 e. The summed E-state index contributed by atoms with van der Waals surface area (Å²) < 4.78 is 29.9. The predicted octanol–water partition coefficient (Wildman–Crippen LogP) is 6.41. The summed E-state index contributed by atoms with van der Waals surface area (Å²) in [5.41, 5.74) is 5.40. The summed E-state index contributed by atoms with van der Waals surface area (Å²) in [5.74, 6) is 0.833. The van der Waals surface area contributed by atoms with Crippen molar-refractivity contribution in [3.8, 4) is 0 Å². The van der Waals surface area contributed by atoms with Gasteiger partial charge in [-0.1, -0.05) is 50.3 Å². The van der Waals surface area contributed by atoms with E-state index in [1.165, 1.54) is 47.7 Å². The van der Waals surface area contributed by atoms with E-state index in [1.807, 2.05) is 47.8 Å². The first-order chi connectivity index (χ1) is 21.5. The highest BCUT2D eigenvalue weighted by Gasteiger charge is 2.30. The number of pyridine rings is 1. The van der Waals surface area contributed by atoms with Crippen LogP contribution in [-0.4, -0.2) is 43.1 Å². The fourth-order valence-electron chi connectivity index (χ4n) is 6.23. The van der Waals surface area contributed by atoms with Crippen molar-refractivity contribution >= 4 is 37.9 Å². The maximum atomic E-state index is 14.2. The molecule has 2 aromatic carbocycles. The van der Waals surface area contributed by atoms with Gasteiger partial charge in [0.25, 0.3) is 10.0 Å². The number of nitrogens with one attached hydrogen (secondary N) is 2. The molecule has 2 aliphatic rings. The minimum Gasteiger partial charge on any atom is -0.387 e. The van der Waals surface area contributed by atoms with Crippen molar-refractivity contribution in [1.29, 1.82) is 0 Å². The van der Waals surface area contributed by atoms with Gasteiger partial charge in [0.15, 0.2) is 0 Å². The number of nitrogens with zero attached hydrogens (tertiary/aromatic N) is 3. The number of anilines is 3. The molecule has 3 N–H and O–H groups in total. The van der Waals surface area contributed by atoms with Crippen molar-refractivity contribution < 1.29 is 13.5 Å². The molecule has 8 nitrogen and oxygen atoms in total. The Morgan fingerprint density at radius 2 is 1.93 bits per heavy atom. The Bertz CT molecular complexity index is 1620. The third-order valence-electron chi connectivity index (χ3n) is 8.73. The fourth-order valence-corrected chi connectivity index (χ4v) is 8.83. The van der Waals surface area contributed by atoms with E-state index < -0.39 is 16.1 Å². The van der Waals surface area contributed by atoms with Gasteiger partial charge >= 0.3 is 0 Å². The maximum absolute atomic E-state index is 14.2. The number of aryl methyl sites for hydroxylation is 1. The summed E-state index contributed by atoms with van der Waals surface area (Å²) in [5, 5.41) is 19.5. The van der Waals surface area contributed by atoms with Gasteiger partial charge in [-0.3, -0.25) is 4.98 Å². The summed E-state index contributed by atoms with van der Waals surface area (Å²) >= 11 is 1.39. The Balaban J connectivity index is 1.17. The van der Waals surface area contributed by atoms with Crippen LogP contribution in [0.25, 0.3) is 0 Å². The zero-order chi connectivity index (χ0) is 30.4. The molecular weight excluding hydrogens is 591 g/mol. The minimum atomic E-state index is -3.91. The smallest absolute Gasteiger partial charge is 0.270 e. The number of hydrogen-bond acceptors (Lipinski definition) is 8. The number of benzene rings is 2. The van der Waals surface area contributed by atoms with Gasteiger partial charge in [-0.15, -0.1) is 11.3 Å². The number of sulfonamides is 1. The molecule has 0 spiro atoms. The Kier molecular flexibility index (Phi) is 9.91. The van der Waals surface area contributed by atoms with Crippen molar-refractivity contribution in [3.05, 3.63) is 94.8 Å². The van der Waals surface area contributed by atoms with Gasteiger partial charge < -0.3 is 15.7 Å². The number of hydrogen-bond donors (Lipinski definition) is 3. The van der Waals surface area contributed by atoms with E-state index in [2.05, 4.69) is 15.6 Å². The third-order valence-corrected chi connectivity index (χ3v) is 11.4. The average Bonchev–Trinajstić information content (AvgIpc) is 3.83. The summed E-state index contributed by atoms with van der Waals surface area (Å²) in [6.07, 6.45) is 12.8. The molecule has 1 aliphatic carbocycles. The monoisotopic (exact) mass is 631 g/mol. The third kappa shape index (κ3) is 7.31. The molecule has 6 rings (SSSR count). The van der Waals surface area contributed by atoms with Gasteiger partial charge in [0, 0.05) is 42.1 Å². The summed E-state index contributed by atoms with van der Waals surface area (Å²) in [6, 6.07) is 16.7. The zero-order valence-electron chi connectivity index (χ0n) is 25.0. The van der Waals surface area contributed by atoms with Crippen LogP contribution < -0.4 is 14.9 Å². The molecule has 1 fully saturated rings. The molecule has 10 heteroatoms. The van der Waals surface area contributed by atoms with E-state index in [-0.39, 0.29) is 4.90 Å². The molecule has 1 atom stereocenters. The fraction of sp³-hybridized carbons (Fsp3) is 0.412. The lowest BCUT2D eigenvalue weighted by atomic mass is 10.0. The Hall–Kier alpha value is -3.31. The topological polar surface area (TPSA) is 107 Å². The molecule has 0 amide bonds. The van der Waals surface area contributed by atoms with Crippen LogP contribution in [0.2, 0.25) is 0 Å². The number of rotatable bonds is 14. The lowest BCUT2D eigenvalue weighted by Crippen LogP contribution is -2.26. The van der Waals surface area contributed by atoms with Gasteiger partial charge in [0.05, 0.1) is 22.4 Å². The molecule has 44 heavy (non-hydrogen) atoms. The molecule has 4 aromatic rings. The van der Waals surface area contributed by atoms with Crippen LogP contribution in [0.5, 0.6) is 0 Å². The quantitative estimate of drug-likeness (QED) is 0.138. The highest BCUT2D eigenvalue weighted by molar-refractivity contribution is 7.93. The first-order valence-corrected chi connectivity index (χ1v) is 18.0. The lowest BCUT2D eigenvalue weighted by molar-refractivity contribution is 0.174.